The minimum absolute atomic E-state index is 0. The predicted octanol–water partition coefficient (Wildman–Crippen LogP) is 2.92. The molecule has 0 amide bonds. The summed E-state index contributed by atoms with van der Waals surface area (Å²) in [5.41, 5.74) is 1.17. The quantitative estimate of drug-likeness (QED) is 0.821. The van der Waals surface area contributed by atoms with Crippen LogP contribution in [0.3, 0.4) is 0 Å². The van der Waals surface area contributed by atoms with Crippen LogP contribution in [0, 0.1) is 10.8 Å². The Labute approximate surface area is 113 Å². The highest BCUT2D eigenvalue weighted by atomic mass is 35.5. The summed E-state index contributed by atoms with van der Waals surface area (Å²) in [4.78, 5) is 2.70. The first-order valence-electron chi connectivity index (χ1n) is 6.92. The summed E-state index contributed by atoms with van der Waals surface area (Å²) in [6, 6.07) is 0. The number of nitrogens with zero attached hydrogens (tertiary/aromatic N) is 1. The van der Waals surface area contributed by atoms with Gasteiger partial charge in [-0.15, -0.1) is 12.4 Å². The lowest BCUT2D eigenvalue weighted by molar-refractivity contribution is 0.186. The largest absolute Gasteiger partial charge is 0.317 e. The van der Waals surface area contributed by atoms with E-state index in [2.05, 4.69) is 31.0 Å². The summed E-state index contributed by atoms with van der Waals surface area (Å²) in [5, 5.41) is 3.49. The fourth-order valence-electron chi connectivity index (χ4n) is 3.08. The Hall–Kier alpha value is 0.210. The van der Waals surface area contributed by atoms with E-state index >= 15 is 0 Å². The van der Waals surface area contributed by atoms with Crippen molar-refractivity contribution in [3.63, 3.8) is 0 Å². The highest BCUT2D eigenvalue weighted by Crippen LogP contribution is 2.38. The maximum Gasteiger partial charge on any atom is 0.00394 e. The lowest BCUT2D eigenvalue weighted by atomic mass is 9.78. The van der Waals surface area contributed by atoms with Crippen molar-refractivity contribution in [2.45, 2.75) is 46.5 Å². The highest BCUT2D eigenvalue weighted by Gasteiger charge is 2.38. The summed E-state index contributed by atoms with van der Waals surface area (Å²) >= 11 is 0. The standard InChI is InChI=1S/C14H28N2.ClH/c1-13(2,3)6-10-16-11-7-14(12-16)4-8-15-9-5-14;/h15H,4-12H2,1-3H3;1H. The van der Waals surface area contributed by atoms with Crippen LogP contribution < -0.4 is 5.32 Å². The normalized spacial score (nSPS) is 24.9. The van der Waals surface area contributed by atoms with Crippen LogP contribution in [0.4, 0.5) is 0 Å². The second-order valence-electron chi connectivity index (χ2n) is 7.09. The Kier molecular flexibility index (Phi) is 5.30. The molecule has 1 N–H and O–H groups in total. The van der Waals surface area contributed by atoms with Crippen LogP contribution in [-0.4, -0.2) is 37.6 Å². The number of hydrogen-bond donors (Lipinski definition) is 1. The molecule has 2 saturated heterocycles. The SMILES string of the molecule is CC(C)(C)CCN1CCC2(CCNCC2)C1.Cl. The van der Waals surface area contributed by atoms with Gasteiger partial charge in [-0.2, -0.15) is 0 Å². The average Bonchev–Trinajstić information content (AvgIpc) is 2.59. The van der Waals surface area contributed by atoms with E-state index in [-0.39, 0.29) is 12.4 Å². The number of hydrogen-bond acceptors (Lipinski definition) is 2. The molecule has 2 aliphatic rings. The van der Waals surface area contributed by atoms with Gasteiger partial charge in [0.2, 0.25) is 0 Å². The second kappa shape index (κ2) is 5.90. The lowest BCUT2D eigenvalue weighted by Crippen LogP contribution is -2.39. The predicted molar refractivity (Wildman–Crippen MR) is 76.9 cm³/mol. The second-order valence-corrected chi connectivity index (χ2v) is 7.09. The van der Waals surface area contributed by atoms with E-state index in [1.165, 1.54) is 58.4 Å². The molecular weight excluding hydrogens is 232 g/mol. The molecule has 3 heteroatoms. The number of halogens is 1. The molecule has 2 rings (SSSR count). The van der Waals surface area contributed by atoms with Gasteiger partial charge < -0.3 is 10.2 Å². The van der Waals surface area contributed by atoms with Crippen LogP contribution in [0.2, 0.25) is 0 Å². The Morgan fingerprint density at radius 2 is 1.76 bits per heavy atom. The van der Waals surface area contributed by atoms with Crippen LogP contribution in [0.15, 0.2) is 0 Å². The molecule has 2 heterocycles. The van der Waals surface area contributed by atoms with Crippen LogP contribution >= 0.6 is 12.4 Å². The molecule has 0 aromatic carbocycles. The van der Waals surface area contributed by atoms with Gasteiger partial charge in [0.1, 0.15) is 0 Å². The van der Waals surface area contributed by atoms with E-state index in [1.807, 2.05) is 0 Å². The van der Waals surface area contributed by atoms with Crippen molar-refractivity contribution >= 4 is 12.4 Å². The Morgan fingerprint density at radius 3 is 2.35 bits per heavy atom. The minimum atomic E-state index is 0. The van der Waals surface area contributed by atoms with Crippen molar-refractivity contribution in [2.75, 3.05) is 32.7 Å². The molecule has 0 aromatic rings. The van der Waals surface area contributed by atoms with Crippen molar-refractivity contribution in [1.29, 1.82) is 0 Å². The molecular formula is C14H29ClN2. The summed E-state index contributed by atoms with van der Waals surface area (Å²) in [7, 11) is 0. The third-order valence-electron chi connectivity index (χ3n) is 4.36. The molecule has 2 nitrogen and oxygen atoms in total. The Morgan fingerprint density at radius 1 is 1.12 bits per heavy atom. The molecule has 102 valence electrons. The molecule has 2 aliphatic heterocycles. The van der Waals surface area contributed by atoms with E-state index < -0.39 is 0 Å². The van der Waals surface area contributed by atoms with Gasteiger partial charge in [-0.25, -0.2) is 0 Å². The smallest absolute Gasteiger partial charge is 0.00394 e. The summed E-state index contributed by atoms with van der Waals surface area (Å²) < 4.78 is 0. The van der Waals surface area contributed by atoms with E-state index in [9.17, 15) is 0 Å². The first-order valence-corrected chi connectivity index (χ1v) is 6.92. The first kappa shape index (κ1) is 15.3. The summed E-state index contributed by atoms with van der Waals surface area (Å²) in [6.45, 7) is 13.6. The van der Waals surface area contributed by atoms with E-state index in [1.54, 1.807) is 0 Å². The topological polar surface area (TPSA) is 15.3 Å². The molecule has 0 aliphatic carbocycles. The van der Waals surface area contributed by atoms with E-state index in [0.717, 1.165) is 0 Å². The zero-order valence-corrected chi connectivity index (χ0v) is 12.5. The molecule has 0 radical (unpaired) electrons. The van der Waals surface area contributed by atoms with Crippen LogP contribution in [0.5, 0.6) is 0 Å². The van der Waals surface area contributed by atoms with Gasteiger partial charge in [0, 0.05) is 6.54 Å². The van der Waals surface area contributed by atoms with Crippen molar-refractivity contribution in [3.05, 3.63) is 0 Å². The maximum atomic E-state index is 3.49. The summed E-state index contributed by atoms with van der Waals surface area (Å²) in [6.07, 6.45) is 5.58. The van der Waals surface area contributed by atoms with Crippen molar-refractivity contribution in [2.24, 2.45) is 10.8 Å². The zero-order chi connectivity index (χ0) is 11.6. The Bertz CT molecular complexity index is 229. The maximum absolute atomic E-state index is 3.49. The van der Waals surface area contributed by atoms with E-state index in [4.69, 9.17) is 0 Å². The number of nitrogens with one attached hydrogen (secondary N) is 1. The van der Waals surface area contributed by atoms with Crippen LogP contribution in [0.1, 0.15) is 46.5 Å². The van der Waals surface area contributed by atoms with Crippen molar-refractivity contribution in [1.82, 2.24) is 10.2 Å². The zero-order valence-electron chi connectivity index (χ0n) is 11.7. The van der Waals surface area contributed by atoms with Gasteiger partial charge >= 0.3 is 0 Å². The van der Waals surface area contributed by atoms with Gasteiger partial charge in [0.25, 0.3) is 0 Å². The molecule has 17 heavy (non-hydrogen) atoms. The summed E-state index contributed by atoms with van der Waals surface area (Å²) in [5.74, 6) is 0. The average molecular weight is 261 g/mol. The molecule has 0 unspecified atom stereocenters. The van der Waals surface area contributed by atoms with Crippen LogP contribution in [0.25, 0.3) is 0 Å². The molecule has 0 bridgehead atoms. The monoisotopic (exact) mass is 260 g/mol. The Balaban J connectivity index is 0.00000144. The van der Waals surface area contributed by atoms with Gasteiger partial charge in [0.15, 0.2) is 0 Å². The highest BCUT2D eigenvalue weighted by molar-refractivity contribution is 5.85. The first-order chi connectivity index (χ1) is 7.49. The third kappa shape index (κ3) is 4.42. The van der Waals surface area contributed by atoms with Crippen LogP contribution in [-0.2, 0) is 0 Å². The fourth-order valence-corrected chi connectivity index (χ4v) is 3.08. The molecule has 0 aromatic heterocycles. The van der Waals surface area contributed by atoms with E-state index in [0.29, 0.717) is 10.8 Å². The molecule has 2 fully saturated rings. The van der Waals surface area contributed by atoms with Crippen molar-refractivity contribution < 1.29 is 0 Å². The number of piperidine rings is 1. The molecule has 1 spiro atoms. The third-order valence-corrected chi connectivity index (χ3v) is 4.36. The van der Waals surface area contributed by atoms with Gasteiger partial charge in [-0.3, -0.25) is 0 Å². The lowest BCUT2D eigenvalue weighted by Gasteiger charge is -2.34. The number of rotatable bonds is 2. The fraction of sp³-hybridized carbons (Fsp3) is 1.00. The minimum Gasteiger partial charge on any atom is -0.317 e. The van der Waals surface area contributed by atoms with Gasteiger partial charge in [-0.1, -0.05) is 20.8 Å². The van der Waals surface area contributed by atoms with Crippen molar-refractivity contribution in [3.8, 4) is 0 Å². The molecule has 0 saturated carbocycles. The van der Waals surface area contributed by atoms with Gasteiger partial charge in [0.05, 0.1) is 0 Å². The van der Waals surface area contributed by atoms with Gasteiger partial charge in [-0.05, 0) is 62.7 Å². The number of likely N-dealkylation sites (tertiary alicyclic amines) is 1. The molecule has 0 atom stereocenters.